The Hall–Kier alpha value is -2.27. The molecule has 3 aromatic rings. The predicted octanol–water partition coefficient (Wildman–Crippen LogP) is 4.18. The molecule has 2 aromatic heterocycles. The van der Waals surface area contributed by atoms with E-state index in [1.807, 2.05) is 18.3 Å². The molecule has 0 saturated heterocycles. The van der Waals surface area contributed by atoms with Crippen LogP contribution in [0.4, 0.5) is 5.82 Å². The van der Waals surface area contributed by atoms with Crippen molar-refractivity contribution in [1.82, 2.24) is 14.5 Å². The summed E-state index contributed by atoms with van der Waals surface area (Å²) in [5, 5.41) is 1.06. The quantitative estimate of drug-likeness (QED) is 0.725. The lowest BCUT2D eigenvalue weighted by atomic mass is 9.97. The van der Waals surface area contributed by atoms with Crippen LogP contribution in [0.3, 0.4) is 0 Å². The maximum Gasteiger partial charge on any atom is 0.226 e. The zero-order chi connectivity index (χ0) is 16.7. The number of hydrogen-bond acceptors (Lipinski definition) is 4. The molecule has 6 heteroatoms. The molecule has 0 spiro atoms. The molecule has 2 atom stereocenters. The smallest absolute Gasteiger partial charge is 0.226 e. The Morgan fingerprint density at radius 1 is 1.25 bits per heavy atom. The summed E-state index contributed by atoms with van der Waals surface area (Å²) in [5.74, 6) is 1.87. The minimum Gasteiger partial charge on any atom is -0.497 e. The number of halogens is 1. The second-order valence-electron chi connectivity index (χ2n) is 6.28. The number of nitrogen functional groups attached to an aromatic ring is 1. The lowest BCUT2D eigenvalue weighted by Gasteiger charge is -2.15. The fourth-order valence-electron chi connectivity index (χ4n) is 3.73. The Morgan fingerprint density at radius 2 is 2.12 bits per heavy atom. The Bertz CT molecular complexity index is 892. The molecule has 2 unspecified atom stereocenters. The normalized spacial score (nSPS) is 20.6. The van der Waals surface area contributed by atoms with Gasteiger partial charge in [0.05, 0.1) is 12.5 Å². The zero-order valence-corrected chi connectivity index (χ0v) is 14.2. The summed E-state index contributed by atoms with van der Waals surface area (Å²) < 4.78 is 7.54. The van der Waals surface area contributed by atoms with Crippen molar-refractivity contribution in [3.8, 4) is 5.75 Å². The molecule has 24 heavy (non-hydrogen) atoms. The molecule has 1 fully saturated rings. The van der Waals surface area contributed by atoms with Gasteiger partial charge in [0, 0.05) is 12.2 Å². The summed E-state index contributed by atoms with van der Waals surface area (Å²) in [6.45, 7) is 0. The molecule has 4 rings (SSSR count). The van der Waals surface area contributed by atoms with Crippen LogP contribution in [-0.2, 0) is 0 Å². The van der Waals surface area contributed by atoms with Crippen LogP contribution >= 0.6 is 11.6 Å². The van der Waals surface area contributed by atoms with Gasteiger partial charge >= 0.3 is 0 Å². The number of nitrogens with two attached hydrogens (primary N) is 1. The molecular formula is C18H19ClN4O. The van der Waals surface area contributed by atoms with Crippen LogP contribution in [0.25, 0.3) is 11.0 Å². The number of ether oxygens (including phenoxy) is 1. The van der Waals surface area contributed by atoms with E-state index in [0.29, 0.717) is 17.8 Å². The van der Waals surface area contributed by atoms with Crippen molar-refractivity contribution in [1.29, 1.82) is 0 Å². The maximum atomic E-state index is 5.99. The van der Waals surface area contributed by atoms with Crippen molar-refractivity contribution < 1.29 is 4.74 Å². The summed E-state index contributed by atoms with van der Waals surface area (Å²) >= 11 is 5.99. The van der Waals surface area contributed by atoms with E-state index in [2.05, 4.69) is 32.7 Å². The largest absolute Gasteiger partial charge is 0.497 e. The van der Waals surface area contributed by atoms with Crippen molar-refractivity contribution in [3.63, 3.8) is 0 Å². The van der Waals surface area contributed by atoms with Crippen LogP contribution in [0, 0.1) is 0 Å². The molecule has 2 heterocycles. The topological polar surface area (TPSA) is 66.0 Å². The van der Waals surface area contributed by atoms with Crippen LogP contribution in [0.5, 0.6) is 5.75 Å². The Balaban J connectivity index is 1.63. The van der Waals surface area contributed by atoms with Gasteiger partial charge in [-0.2, -0.15) is 4.98 Å². The Morgan fingerprint density at radius 3 is 2.96 bits per heavy atom. The molecule has 0 aliphatic heterocycles. The average molecular weight is 343 g/mol. The number of nitrogens with zero attached hydrogens (tertiary/aromatic N) is 3. The second-order valence-corrected chi connectivity index (χ2v) is 6.62. The summed E-state index contributed by atoms with van der Waals surface area (Å²) in [7, 11) is 1.70. The molecule has 1 aliphatic carbocycles. The standard InChI is InChI=1S/C18H19ClN4O/c1-24-14-4-2-3-11(10-14)12-5-6-13(9-12)23-8-7-15-16(20)21-18(19)22-17(15)23/h2-4,7-8,10,12-13H,5-6,9H2,1H3,(H2,20,21,22). The molecule has 1 aliphatic rings. The van der Waals surface area contributed by atoms with E-state index in [1.165, 1.54) is 5.56 Å². The average Bonchev–Trinajstić information content (AvgIpc) is 3.21. The summed E-state index contributed by atoms with van der Waals surface area (Å²) in [5.41, 5.74) is 8.11. The molecule has 5 nitrogen and oxygen atoms in total. The van der Waals surface area contributed by atoms with Crippen LogP contribution in [0.2, 0.25) is 5.28 Å². The lowest BCUT2D eigenvalue weighted by Crippen LogP contribution is -2.06. The number of methoxy groups -OCH3 is 1. The van der Waals surface area contributed by atoms with Gasteiger partial charge in [0.1, 0.15) is 17.2 Å². The van der Waals surface area contributed by atoms with E-state index >= 15 is 0 Å². The van der Waals surface area contributed by atoms with Crippen LogP contribution in [0.15, 0.2) is 36.5 Å². The minimum absolute atomic E-state index is 0.197. The first-order valence-corrected chi connectivity index (χ1v) is 8.47. The summed E-state index contributed by atoms with van der Waals surface area (Å²) in [6.07, 6.45) is 5.36. The molecular weight excluding hydrogens is 324 g/mol. The molecule has 2 N–H and O–H groups in total. The zero-order valence-electron chi connectivity index (χ0n) is 13.4. The third kappa shape index (κ3) is 2.59. The van der Waals surface area contributed by atoms with Crippen molar-refractivity contribution in [2.45, 2.75) is 31.2 Å². The van der Waals surface area contributed by atoms with E-state index < -0.39 is 0 Å². The third-order valence-corrected chi connectivity index (χ3v) is 5.11. The monoisotopic (exact) mass is 342 g/mol. The molecule has 0 bridgehead atoms. The number of anilines is 1. The van der Waals surface area contributed by atoms with Crippen molar-refractivity contribution in [2.24, 2.45) is 0 Å². The van der Waals surface area contributed by atoms with Gasteiger partial charge in [-0.1, -0.05) is 12.1 Å². The van der Waals surface area contributed by atoms with Gasteiger partial charge in [-0.25, -0.2) is 4.98 Å². The van der Waals surface area contributed by atoms with Gasteiger partial charge in [-0.05, 0) is 60.5 Å². The first kappa shape index (κ1) is 15.3. The Labute approximate surface area is 145 Å². The van der Waals surface area contributed by atoms with E-state index in [0.717, 1.165) is 36.0 Å². The van der Waals surface area contributed by atoms with Gasteiger partial charge in [0.25, 0.3) is 0 Å². The van der Waals surface area contributed by atoms with Gasteiger partial charge in [-0.15, -0.1) is 0 Å². The molecule has 0 radical (unpaired) electrons. The number of aromatic nitrogens is 3. The number of benzene rings is 1. The van der Waals surface area contributed by atoms with Crippen molar-refractivity contribution >= 4 is 28.5 Å². The van der Waals surface area contributed by atoms with Crippen LogP contribution < -0.4 is 10.5 Å². The first-order valence-electron chi connectivity index (χ1n) is 8.09. The van der Waals surface area contributed by atoms with Gasteiger partial charge in [0.2, 0.25) is 5.28 Å². The van der Waals surface area contributed by atoms with Crippen LogP contribution in [-0.4, -0.2) is 21.6 Å². The first-order chi connectivity index (χ1) is 11.7. The van der Waals surface area contributed by atoms with Crippen LogP contribution in [0.1, 0.15) is 36.8 Å². The molecule has 1 saturated carbocycles. The molecule has 0 amide bonds. The van der Waals surface area contributed by atoms with Crippen molar-refractivity contribution in [3.05, 3.63) is 47.4 Å². The highest BCUT2D eigenvalue weighted by molar-refractivity contribution is 6.28. The fourth-order valence-corrected chi connectivity index (χ4v) is 3.90. The van der Waals surface area contributed by atoms with E-state index in [9.17, 15) is 0 Å². The van der Waals surface area contributed by atoms with Gasteiger partial charge in [-0.3, -0.25) is 0 Å². The predicted molar refractivity (Wildman–Crippen MR) is 95.6 cm³/mol. The second kappa shape index (κ2) is 5.98. The Kier molecular flexibility index (Phi) is 3.81. The van der Waals surface area contributed by atoms with E-state index in [1.54, 1.807) is 7.11 Å². The highest BCUT2D eigenvalue weighted by atomic mass is 35.5. The highest BCUT2D eigenvalue weighted by Crippen LogP contribution is 2.42. The SMILES string of the molecule is COc1cccc(C2CCC(n3ccc4c(N)nc(Cl)nc43)C2)c1. The summed E-state index contributed by atoms with van der Waals surface area (Å²) in [4.78, 5) is 8.41. The molecule has 124 valence electrons. The lowest BCUT2D eigenvalue weighted by molar-refractivity contribution is 0.413. The fraction of sp³-hybridized carbons (Fsp3) is 0.333. The number of hydrogen-bond donors (Lipinski definition) is 1. The highest BCUT2D eigenvalue weighted by Gasteiger charge is 2.28. The maximum absolute atomic E-state index is 5.99. The third-order valence-electron chi connectivity index (χ3n) is 4.94. The summed E-state index contributed by atoms with van der Waals surface area (Å²) in [6, 6.07) is 10.7. The number of fused-ring (bicyclic) bond motifs is 1. The van der Waals surface area contributed by atoms with Crippen molar-refractivity contribution in [2.75, 3.05) is 12.8 Å². The molecule has 1 aromatic carbocycles. The minimum atomic E-state index is 0.197. The number of rotatable bonds is 3. The van der Waals surface area contributed by atoms with E-state index in [4.69, 9.17) is 22.1 Å². The van der Waals surface area contributed by atoms with Gasteiger partial charge in [0.15, 0.2) is 0 Å². The van der Waals surface area contributed by atoms with Gasteiger partial charge < -0.3 is 15.0 Å². The van der Waals surface area contributed by atoms with E-state index in [-0.39, 0.29) is 5.28 Å².